The van der Waals surface area contributed by atoms with E-state index >= 15 is 0 Å². The van der Waals surface area contributed by atoms with Crippen molar-refractivity contribution in [2.24, 2.45) is 0 Å². The summed E-state index contributed by atoms with van der Waals surface area (Å²) in [6.45, 7) is 4.35. The van der Waals surface area contributed by atoms with Gasteiger partial charge in [0.15, 0.2) is 17.1 Å². The molecule has 1 atom stereocenters. The number of imidazole rings is 1. The fourth-order valence-electron chi connectivity index (χ4n) is 4.34. The molecule has 0 aliphatic carbocycles. The van der Waals surface area contributed by atoms with Crippen molar-refractivity contribution >= 4 is 21.0 Å². The van der Waals surface area contributed by atoms with Crippen LogP contribution in [0.5, 0.6) is 11.5 Å². The van der Waals surface area contributed by atoms with Gasteiger partial charge in [-0.05, 0) is 48.2 Å². The number of benzene rings is 2. The molecular formula is C26H29N3O5S. The van der Waals surface area contributed by atoms with Crippen LogP contribution in [-0.2, 0) is 16.3 Å². The van der Waals surface area contributed by atoms with Crippen molar-refractivity contribution in [3.05, 3.63) is 76.3 Å². The van der Waals surface area contributed by atoms with Crippen LogP contribution < -0.4 is 15.2 Å². The smallest absolute Gasteiger partial charge is 0.328 e. The van der Waals surface area contributed by atoms with Crippen LogP contribution in [0.25, 0.3) is 22.3 Å². The number of nitrogens with one attached hydrogen (secondary N) is 1. The number of ether oxygens (including phenoxy) is 2. The van der Waals surface area contributed by atoms with Crippen LogP contribution in [0.3, 0.4) is 0 Å². The summed E-state index contributed by atoms with van der Waals surface area (Å²) >= 11 is 0. The van der Waals surface area contributed by atoms with Crippen LogP contribution in [0, 0.1) is 0 Å². The molecule has 0 aliphatic heterocycles. The molecule has 0 spiro atoms. The van der Waals surface area contributed by atoms with Crippen LogP contribution >= 0.6 is 0 Å². The second-order valence-corrected chi connectivity index (χ2v) is 10.5. The van der Waals surface area contributed by atoms with E-state index in [1.165, 1.54) is 17.2 Å². The van der Waals surface area contributed by atoms with Crippen LogP contribution in [0.15, 0.2) is 59.5 Å². The van der Waals surface area contributed by atoms with E-state index in [0.29, 0.717) is 34.8 Å². The number of aromatic nitrogens is 3. The van der Waals surface area contributed by atoms with Crippen molar-refractivity contribution in [2.45, 2.75) is 26.3 Å². The number of pyridine rings is 1. The van der Waals surface area contributed by atoms with Gasteiger partial charge in [-0.25, -0.2) is 18.2 Å². The van der Waals surface area contributed by atoms with Gasteiger partial charge in [0.1, 0.15) is 9.84 Å². The first-order valence-corrected chi connectivity index (χ1v) is 13.5. The lowest BCUT2D eigenvalue weighted by atomic mass is 9.99. The Morgan fingerprint density at radius 1 is 1.09 bits per heavy atom. The summed E-state index contributed by atoms with van der Waals surface area (Å²) in [7, 11) is -1.92. The Morgan fingerprint density at radius 2 is 1.86 bits per heavy atom. The van der Waals surface area contributed by atoms with E-state index in [1.807, 2.05) is 31.2 Å². The predicted molar refractivity (Wildman–Crippen MR) is 137 cm³/mol. The van der Waals surface area contributed by atoms with Gasteiger partial charge >= 0.3 is 5.69 Å². The van der Waals surface area contributed by atoms with Crippen molar-refractivity contribution in [1.29, 1.82) is 0 Å². The number of hydrogen-bond donors (Lipinski definition) is 1. The molecule has 0 amide bonds. The van der Waals surface area contributed by atoms with Gasteiger partial charge in [0.05, 0.1) is 31.0 Å². The van der Waals surface area contributed by atoms with Gasteiger partial charge in [-0.2, -0.15) is 0 Å². The highest BCUT2D eigenvalue weighted by Gasteiger charge is 2.26. The highest BCUT2D eigenvalue weighted by molar-refractivity contribution is 7.90. The van der Waals surface area contributed by atoms with Crippen LogP contribution in [0.4, 0.5) is 0 Å². The van der Waals surface area contributed by atoms with Gasteiger partial charge in [-0.1, -0.05) is 37.3 Å². The molecule has 2 aromatic carbocycles. The van der Waals surface area contributed by atoms with Gasteiger partial charge in [-0.15, -0.1) is 0 Å². The summed E-state index contributed by atoms with van der Waals surface area (Å²) in [6.07, 6.45) is 3.74. The second kappa shape index (κ2) is 9.95. The molecule has 0 unspecified atom stereocenters. The predicted octanol–water partition coefficient (Wildman–Crippen LogP) is 4.00. The molecule has 8 nitrogen and oxygen atoms in total. The molecule has 0 bridgehead atoms. The zero-order chi connectivity index (χ0) is 25.2. The molecule has 4 aromatic rings. The Labute approximate surface area is 204 Å². The van der Waals surface area contributed by atoms with Gasteiger partial charge in [0, 0.05) is 18.0 Å². The minimum atomic E-state index is -3.46. The number of aryl methyl sites for hydroxylation is 1. The summed E-state index contributed by atoms with van der Waals surface area (Å²) in [5.41, 5.74) is 4.19. The standard InChI is InChI=1S/C26H29N3O5S/c1-5-17-9-7-8-10-20(17)19-13-21-25(27-15-19)29(26(30)28-21)22(16-35(4,31)32)18-11-12-23(33-3)24(14-18)34-6-2/h7-15,22H,5-6,16H2,1-4H3,(H,28,30)/t22-/m0/s1. The summed E-state index contributed by atoms with van der Waals surface area (Å²) in [5.74, 6) is 0.725. The van der Waals surface area contributed by atoms with Gasteiger partial charge < -0.3 is 14.5 Å². The molecule has 4 rings (SSSR count). The number of H-pyrrole nitrogens is 1. The van der Waals surface area contributed by atoms with E-state index in [4.69, 9.17) is 9.47 Å². The van der Waals surface area contributed by atoms with E-state index in [-0.39, 0.29) is 5.75 Å². The van der Waals surface area contributed by atoms with Crippen molar-refractivity contribution in [1.82, 2.24) is 14.5 Å². The first-order chi connectivity index (χ1) is 16.8. The average molecular weight is 496 g/mol. The maximum Gasteiger partial charge on any atom is 0.328 e. The molecule has 9 heteroatoms. The van der Waals surface area contributed by atoms with Crippen molar-refractivity contribution in [3.8, 4) is 22.6 Å². The average Bonchev–Trinajstić information content (AvgIpc) is 3.16. The van der Waals surface area contributed by atoms with Crippen molar-refractivity contribution in [3.63, 3.8) is 0 Å². The van der Waals surface area contributed by atoms with Crippen LogP contribution in [0.1, 0.15) is 31.0 Å². The fourth-order valence-corrected chi connectivity index (χ4v) is 5.25. The molecule has 35 heavy (non-hydrogen) atoms. The molecule has 0 fully saturated rings. The number of nitrogens with zero attached hydrogens (tertiary/aromatic N) is 2. The number of methoxy groups -OCH3 is 1. The first kappa shape index (κ1) is 24.5. The molecule has 2 aromatic heterocycles. The molecular weight excluding hydrogens is 466 g/mol. The SMILES string of the molecule is CCOc1cc([C@H](CS(C)(=O)=O)n2c(=O)[nH]c3cc(-c4ccccc4CC)cnc32)ccc1OC. The molecule has 0 aliphatic rings. The second-order valence-electron chi connectivity index (χ2n) is 8.36. The third kappa shape index (κ3) is 5.09. The number of fused-ring (bicyclic) bond motifs is 1. The Balaban J connectivity index is 1.88. The molecule has 0 saturated heterocycles. The number of aromatic amines is 1. The van der Waals surface area contributed by atoms with E-state index < -0.39 is 21.6 Å². The largest absolute Gasteiger partial charge is 0.493 e. The van der Waals surface area contributed by atoms with E-state index in [9.17, 15) is 13.2 Å². The minimum Gasteiger partial charge on any atom is -0.493 e. The van der Waals surface area contributed by atoms with E-state index in [2.05, 4.69) is 23.0 Å². The summed E-state index contributed by atoms with van der Waals surface area (Å²) in [6, 6.07) is 14.3. The maximum atomic E-state index is 13.2. The third-order valence-corrected chi connectivity index (χ3v) is 6.83. The topological polar surface area (TPSA) is 103 Å². The maximum absolute atomic E-state index is 13.2. The Hall–Kier alpha value is -3.59. The summed E-state index contributed by atoms with van der Waals surface area (Å²) in [4.78, 5) is 20.6. The molecule has 0 radical (unpaired) electrons. The molecule has 184 valence electrons. The van der Waals surface area contributed by atoms with Crippen molar-refractivity contribution in [2.75, 3.05) is 25.7 Å². The zero-order valence-corrected chi connectivity index (χ0v) is 21.1. The van der Waals surface area contributed by atoms with Gasteiger partial charge in [0.25, 0.3) is 0 Å². The van der Waals surface area contributed by atoms with Crippen molar-refractivity contribution < 1.29 is 17.9 Å². The number of rotatable bonds is 9. The molecule has 1 N–H and O–H groups in total. The highest BCUT2D eigenvalue weighted by atomic mass is 32.2. The highest BCUT2D eigenvalue weighted by Crippen LogP contribution is 2.33. The number of hydrogen-bond acceptors (Lipinski definition) is 6. The lowest BCUT2D eigenvalue weighted by Gasteiger charge is -2.20. The van der Waals surface area contributed by atoms with E-state index in [1.54, 1.807) is 24.4 Å². The number of sulfone groups is 1. The quantitative estimate of drug-likeness (QED) is 0.377. The fraction of sp³-hybridized carbons (Fsp3) is 0.308. The Bertz CT molecular complexity index is 1520. The molecule has 0 saturated carbocycles. The van der Waals surface area contributed by atoms with Crippen LogP contribution in [-0.4, -0.2) is 48.7 Å². The van der Waals surface area contributed by atoms with Gasteiger partial charge in [0.2, 0.25) is 0 Å². The normalized spacial score (nSPS) is 12.6. The first-order valence-electron chi connectivity index (χ1n) is 11.4. The lowest BCUT2D eigenvalue weighted by Crippen LogP contribution is -2.28. The summed E-state index contributed by atoms with van der Waals surface area (Å²) < 4.78 is 37.3. The summed E-state index contributed by atoms with van der Waals surface area (Å²) in [5, 5.41) is 0. The Kier molecular flexibility index (Phi) is 6.98. The third-order valence-electron chi connectivity index (χ3n) is 5.91. The Morgan fingerprint density at radius 3 is 2.54 bits per heavy atom. The van der Waals surface area contributed by atoms with Crippen LogP contribution in [0.2, 0.25) is 0 Å². The lowest BCUT2D eigenvalue weighted by molar-refractivity contribution is 0.310. The van der Waals surface area contributed by atoms with Gasteiger partial charge in [-0.3, -0.25) is 4.57 Å². The van der Waals surface area contributed by atoms with E-state index in [0.717, 1.165) is 23.8 Å². The molecule has 2 heterocycles. The zero-order valence-electron chi connectivity index (χ0n) is 20.2. The minimum absolute atomic E-state index is 0.278. The monoisotopic (exact) mass is 495 g/mol.